The molecule has 1 saturated heterocycles. The van der Waals surface area contributed by atoms with Gasteiger partial charge < -0.3 is 10.6 Å². The van der Waals surface area contributed by atoms with Crippen molar-refractivity contribution in [2.75, 3.05) is 33.2 Å². The number of likely N-dealkylation sites (tertiary alicyclic amines) is 1. The number of rotatable bonds is 8. The average Bonchev–Trinajstić information content (AvgIpc) is 3.20. The van der Waals surface area contributed by atoms with Crippen LogP contribution in [-0.2, 0) is 19.4 Å². The topological polar surface area (TPSA) is 52.6 Å². The molecule has 0 bridgehead atoms. The summed E-state index contributed by atoms with van der Waals surface area (Å²) >= 11 is 1.77. The molecule has 2 N–H and O–H groups in total. The van der Waals surface area contributed by atoms with E-state index in [1.165, 1.54) is 29.6 Å². The monoisotopic (exact) mass is 431 g/mol. The molecule has 0 radical (unpaired) electrons. The minimum atomic E-state index is -0.176. The minimum Gasteiger partial charge on any atom is -0.356 e. The number of halogens is 1. The van der Waals surface area contributed by atoms with Gasteiger partial charge in [0.15, 0.2) is 5.96 Å². The summed E-state index contributed by atoms with van der Waals surface area (Å²) in [6, 6.07) is 4.98. The number of nitrogens with one attached hydrogen (secondary N) is 2. The zero-order valence-electron chi connectivity index (χ0n) is 18.4. The Labute approximate surface area is 183 Å². The van der Waals surface area contributed by atoms with Gasteiger partial charge in [0.1, 0.15) is 5.82 Å². The largest absolute Gasteiger partial charge is 0.356 e. The maximum atomic E-state index is 13.2. The Kier molecular flexibility index (Phi) is 8.63. The molecular weight excluding hydrogens is 397 g/mol. The third-order valence-corrected chi connectivity index (χ3v) is 6.81. The molecule has 3 rings (SSSR count). The molecule has 1 aromatic carbocycles. The van der Waals surface area contributed by atoms with Crippen molar-refractivity contribution in [3.8, 4) is 0 Å². The first-order chi connectivity index (χ1) is 14.6. The molecule has 0 atom stereocenters. The van der Waals surface area contributed by atoms with Crippen LogP contribution in [0.3, 0.4) is 0 Å². The van der Waals surface area contributed by atoms with Crippen LogP contribution in [0.1, 0.15) is 41.6 Å². The number of hydrogen-bond donors (Lipinski definition) is 2. The standard InChI is InChI=1S/C23H34FN5S/c1-4-22-28-21(16-30-22)15-29-11-8-18(9-12-29)14-27-23(25-3)26-10-7-19-5-6-20(24)13-17(19)2/h5-6,13,16,18H,4,7-12,14-15H2,1-3H3,(H2,25,26,27). The fourth-order valence-electron chi connectivity index (χ4n) is 3.88. The summed E-state index contributed by atoms with van der Waals surface area (Å²) in [5, 5.41) is 10.3. The van der Waals surface area contributed by atoms with E-state index in [0.29, 0.717) is 5.92 Å². The Hall–Kier alpha value is -1.99. The fourth-order valence-corrected chi connectivity index (χ4v) is 4.61. The predicted octanol–water partition coefficient (Wildman–Crippen LogP) is 3.77. The average molecular weight is 432 g/mol. The third kappa shape index (κ3) is 6.77. The van der Waals surface area contributed by atoms with Gasteiger partial charge in [-0.3, -0.25) is 9.89 Å². The highest BCUT2D eigenvalue weighted by Gasteiger charge is 2.20. The van der Waals surface area contributed by atoms with Crippen molar-refractivity contribution in [3.05, 3.63) is 51.2 Å². The van der Waals surface area contributed by atoms with E-state index in [1.807, 2.05) is 13.0 Å². The second-order valence-electron chi connectivity index (χ2n) is 8.01. The van der Waals surface area contributed by atoms with Crippen molar-refractivity contribution < 1.29 is 4.39 Å². The summed E-state index contributed by atoms with van der Waals surface area (Å²) in [6.45, 7) is 9.06. The zero-order valence-corrected chi connectivity index (χ0v) is 19.2. The van der Waals surface area contributed by atoms with Crippen molar-refractivity contribution in [1.82, 2.24) is 20.5 Å². The van der Waals surface area contributed by atoms with E-state index >= 15 is 0 Å². The second kappa shape index (κ2) is 11.4. The molecule has 7 heteroatoms. The fraction of sp³-hybridized carbons (Fsp3) is 0.565. The second-order valence-corrected chi connectivity index (χ2v) is 8.95. The summed E-state index contributed by atoms with van der Waals surface area (Å²) in [6.07, 6.45) is 4.27. The van der Waals surface area contributed by atoms with Crippen LogP contribution in [0.15, 0.2) is 28.6 Å². The van der Waals surface area contributed by atoms with Crippen molar-refractivity contribution in [1.29, 1.82) is 0 Å². The number of piperidine rings is 1. The van der Waals surface area contributed by atoms with E-state index in [-0.39, 0.29) is 5.82 Å². The Morgan fingerprint density at radius 2 is 2.10 bits per heavy atom. The number of aliphatic imine (C=N–C) groups is 1. The van der Waals surface area contributed by atoms with Crippen LogP contribution in [0.5, 0.6) is 0 Å². The molecule has 1 fully saturated rings. The lowest BCUT2D eigenvalue weighted by Gasteiger charge is -2.31. The quantitative estimate of drug-likeness (QED) is 0.493. The van der Waals surface area contributed by atoms with Crippen molar-refractivity contribution in [3.63, 3.8) is 0 Å². The highest BCUT2D eigenvalue weighted by molar-refractivity contribution is 7.09. The van der Waals surface area contributed by atoms with Crippen LogP contribution < -0.4 is 10.6 Å². The summed E-state index contributed by atoms with van der Waals surface area (Å²) < 4.78 is 13.2. The van der Waals surface area contributed by atoms with Gasteiger partial charge in [0.2, 0.25) is 0 Å². The molecule has 1 aliphatic rings. The highest BCUT2D eigenvalue weighted by Crippen LogP contribution is 2.19. The van der Waals surface area contributed by atoms with Gasteiger partial charge in [-0.05, 0) is 74.9 Å². The van der Waals surface area contributed by atoms with Crippen LogP contribution in [0.2, 0.25) is 0 Å². The van der Waals surface area contributed by atoms with Gasteiger partial charge in [0.05, 0.1) is 10.7 Å². The normalized spacial score (nSPS) is 16.1. The number of nitrogens with zero attached hydrogens (tertiary/aromatic N) is 3. The van der Waals surface area contributed by atoms with Gasteiger partial charge in [-0.2, -0.15) is 0 Å². The number of benzene rings is 1. The van der Waals surface area contributed by atoms with Gasteiger partial charge in [-0.25, -0.2) is 9.37 Å². The van der Waals surface area contributed by atoms with E-state index in [4.69, 9.17) is 4.98 Å². The Bertz CT molecular complexity index is 827. The first-order valence-corrected chi connectivity index (χ1v) is 11.8. The van der Waals surface area contributed by atoms with E-state index in [0.717, 1.165) is 62.7 Å². The molecule has 30 heavy (non-hydrogen) atoms. The minimum absolute atomic E-state index is 0.176. The lowest BCUT2D eigenvalue weighted by atomic mass is 9.97. The summed E-state index contributed by atoms with van der Waals surface area (Å²) in [7, 11) is 1.81. The van der Waals surface area contributed by atoms with Crippen LogP contribution >= 0.6 is 11.3 Å². The summed E-state index contributed by atoms with van der Waals surface area (Å²) in [5.74, 6) is 1.33. The van der Waals surface area contributed by atoms with Gasteiger partial charge in [-0.15, -0.1) is 11.3 Å². The van der Waals surface area contributed by atoms with Crippen LogP contribution in [0.25, 0.3) is 0 Å². The van der Waals surface area contributed by atoms with E-state index in [9.17, 15) is 4.39 Å². The highest BCUT2D eigenvalue weighted by atomic mass is 32.1. The molecule has 0 aliphatic carbocycles. The molecule has 0 saturated carbocycles. The van der Waals surface area contributed by atoms with Crippen molar-refractivity contribution in [2.45, 2.75) is 46.1 Å². The van der Waals surface area contributed by atoms with Gasteiger partial charge in [-0.1, -0.05) is 13.0 Å². The smallest absolute Gasteiger partial charge is 0.190 e. The van der Waals surface area contributed by atoms with E-state index in [2.05, 4.69) is 32.8 Å². The zero-order chi connectivity index (χ0) is 21.3. The van der Waals surface area contributed by atoms with Crippen LogP contribution in [-0.4, -0.2) is 49.1 Å². The molecule has 0 unspecified atom stereocenters. The number of guanidine groups is 1. The molecular formula is C23H34FN5S. The number of aromatic nitrogens is 1. The van der Waals surface area contributed by atoms with Crippen molar-refractivity contribution >= 4 is 17.3 Å². The molecule has 2 aromatic rings. The van der Waals surface area contributed by atoms with E-state index in [1.54, 1.807) is 24.5 Å². The molecule has 1 aliphatic heterocycles. The first kappa shape index (κ1) is 22.7. The Morgan fingerprint density at radius 1 is 1.30 bits per heavy atom. The SMILES string of the molecule is CCc1nc(CN2CCC(CNC(=NC)NCCc3ccc(F)cc3C)CC2)cs1. The predicted molar refractivity (Wildman–Crippen MR) is 124 cm³/mol. The number of aryl methyl sites for hydroxylation is 2. The third-order valence-electron chi connectivity index (χ3n) is 5.77. The molecule has 1 aromatic heterocycles. The summed E-state index contributed by atoms with van der Waals surface area (Å²) in [5.41, 5.74) is 3.38. The first-order valence-electron chi connectivity index (χ1n) is 10.9. The van der Waals surface area contributed by atoms with Gasteiger partial charge in [0.25, 0.3) is 0 Å². The maximum absolute atomic E-state index is 13.2. The Balaban J connectivity index is 1.34. The van der Waals surface area contributed by atoms with Crippen LogP contribution in [0, 0.1) is 18.7 Å². The van der Waals surface area contributed by atoms with Gasteiger partial charge in [0, 0.05) is 32.1 Å². The maximum Gasteiger partial charge on any atom is 0.190 e. The lowest BCUT2D eigenvalue weighted by molar-refractivity contribution is 0.176. The lowest BCUT2D eigenvalue weighted by Crippen LogP contribution is -2.43. The van der Waals surface area contributed by atoms with Crippen LogP contribution in [0.4, 0.5) is 4.39 Å². The Morgan fingerprint density at radius 3 is 2.77 bits per heavy atom. The summed E-state index contributed by atoms with van der Waals surface area (Å²) in [4.78, 5) is 11.5. The van der Waals surface area contributed by atoms with E-state index < -0.39 is 0 Å². The molecule has 0 amide bonds. The number of hydrogen-bond acceptors (Lipinski definition) is 4. The molecule has 2 heterocycles. The number of thiazole rings is 1. The molecule has 164 valence electrons. The van der Waals surface area contributed by atoms with Crippen molar-refractivity contribution in [2.24, 2.45) is 10.9 Å². The van der Waals surface area contributed by atoms with Gasteiger partial charge >= 0.3 is 0 Å². The molecule has 0 spiro atoms. The molecule has 5 nitrogen and oxygen atoms in total.